The number of nitrogens with one attached hydrogen (secondary N) is 1. The number of hydrogen-bond donors (Lipinski definition) is 1. The first-order chi connectivity index (χ1) is 5.79. The minimum atomic E-state index is 0.590. The highest BCUT2D eigenvalue weighted by molar-refractivity contribution is 4.71. The van der Waals surface area contributed by atoms with E-state index in [1.165, 1.54) is 12.8 Å². The number of ether oxygens (including phenoxy) is 1. The highest BCUT2D eigenvalue weighted by atomic mass is 16.5. The molecule has 0 aromatic carbocycles. The molecule has 1 fully saturated rings. The first kappa shape index (κ1) is 11.9. The minimum Gasteiger partial charge on any atom is -0.380 e. The van der Waals surface area contributed by atoms with E-state index in [-0.39, 0.29) is 0 Å². The van der Waals surface area contributed by atoms with Crippen LogP contribution in [-0.2, 0) is 4.74 Å². The summed E-state index contributed by atoms with van der Waals surface area (Å²) >= 11 is 0. The zero-order valence-electron chi connectivity index (χ0n) is 8.89. The largest absolute Gasteiger partial charge is 0.380 e. The van der Waals surface area contributed by atoms with E-state index >= 15 is 0 Å². The Labute approximate surface area is 76.7 Å². The first-order valence-corrected chi connectivity index (χ1v) is 5.13. The molecule has 12 heavy (non-hydrogen) atoms. The molecule has 0 aliphatic carbocycles. The predicted octanol–water partition coefficient (Wildman–Crippen LogP) is 2.19. The van der Waals surface area contributed by atoms with Crippen molar-refractivity contribution in [2.45, 2.75) is 52.6 Å². The van der Waals surface area contributed by atoms with Gasteiger partial charge in [0.25, 0.3) is 0 Å². The molecule has 0 spiro atoms. The third-order valence-corrected chi connectivity index (χ3v) is 1.73. The van der Waals surface area contributed by atoms with Crippen LogP contribution in [0.3, 0.4) is 0 Å². The van der Waals surface area contributed by atoms with Gasteiger partial charge in [-0.3, -0.25) is 0 Å². The molecule has 1 atom stereocenters. The van der Waals surface area contributed by atoms with E-state index in [1.54, 1.807) is 0 Å². The molecule has 0 amide bonds. The molecule has 0 radical (unpaired) electrons. The summed E-state index contributed by atoms with van der Waals surface area (Å²) in [4.78, 5) is 0. The van der Waals surface area contributed by atoms with Crippen molar-refractivity contribution >= 4 is 0 Å². The van der Waals surface area contributed by atoms with Crippen molar-refractivity contribution in [1.82, 2.24) is 5.32 Å². The molecule has 2 nitrogen and oxygen atoms in total. The van der Waals surface area contributed by atoms with Crippen LogP contribution in [0.5, 0.6) is 0 Å². The van der Waals surface area contributed by atoms with Crippen LogP contribution in [0.1, 0.15) is 40.5 Å². The molecular weight excluding hydrogens is 150 g/mol. The lowest BCUT2D eigenvalue weighted by atomic mass is 10.1. The Kier molecular flexibility index (Phi) is 7.51. The fraction of sp³-hybridized carbons (Fsp3) is 1.00. The molecule has 1 unspecified atom stereocenters. The van der Waals surface area contributed by atoms with Gasteiger partial charge in [0, 0.05) is 18.7 Å². The van der Waals surface area contributed by atoms with E-state index < -0.39 is 0 Å². The Morgan fingerprint density at radius 3 is 2.42 bits per heavy atom. The summed E-state index contributed by atoms with van der Waals surface area (Å²) in [5.41, 5.74) is 0. The second-order valence-corrected chi connectivity index (χ2v) is 3.24. The summed E-state index contributed by atoms with van der Waals surface area (Å²) in [6, 6.07) is 1.19. The van der Waals surface area contributed by atoms with Gasteiger partial charge in [-0.15, -0.1) is 0 Å². The highest BCUT2D eigenvalue weighted by Crippen LogP contribution is 2.05. The van der Waals surface area contributed by atoms with Crippen LogP contribution in [0.25, 0.3) is 0 Å². The summed E-state index contributed by atoms with van der Waals surface area (Å²) < 4.78 is 5.32. The summed E-state index contributed by atoms with van der Waals surface area (Å²) in [6.45, 7) is 10.2. The van der Waals surface area contributed by atoms with Crippen molar-refractivity contribution in [2.75, 3.05) is 13.2 Å². The first-order valence-electron chi connectivity index (χ1n) is 5.13. The van der Waals surface area contributed by atoms with Crippen molar-refractivity contribution in [3.05, 3.63) is 0 Å². The van der Waals surface area contributed by atoms with Crippen LogP contribution in [0, 0.1) is 0 Å². The van der Waals surface area contributed by atoms with Crippen LogP contribution in [0.2, 0.25) is 0 Å². The molecule has 1 aliphatic rings. The molecule has 1 heterocycles. The summed E-state index contributed by atoms with van der Waals surface area (Å²) in [6.07, 6.45) is 2.49. The van der Waals surface area contributed by atoms with E-state index in [0.717, 1.165) is 13.2 Å². The smallest absolute Gasteiger partial charge is 0.0619 e. The third kappa shape index (κ3) is 5.56. The van der Waals surface area contributed by atoms with Crippen LogP contribution in [-0.4, -0.2) is 25.3 Å². The number of hydrogen-bond acceptors (Lipinski definition) is 2. The maximum absolute atomic E-state index is 5.32. The average Bonchev–Trinajstić information content (AvgIpc) is 2.08. The van der Waals surface area contributed by atoms with E-state index in [4.69, 9.17) is 4.74 Å². The van der Waals surface area contributed by atoms with Crippen molar-refractivity contribution < 1.29 is 4.74 Å². The summed E-state index contributed by atoms with van der Waals surface area (Å²) in [7, 11) is 0. The molecular formula is C10H23NO. The Morgan fingerprint density at radius 2 is 2.00 bits per heavy atom. The molecule has 0 aromatic rings. The quantitative estimate of drug-likeness (QED) is 0.691. The molecule has 1 aliphatic heterocycles. The maximum Gasteiger partial charge on any atom is 0.0619 e. The van der Waals surface area contributed by atoms with E-state index in [9.17, 15) is 0 Å². The Morgan fingerprint density at radius 1 is 1.33 bits per heavy atom. The fourth-order valence-electron chi connectivity index (χ4n) is 1.34. The van der Waals surface area contributed by atoms with Gasteiger partial charge in [0.15, 0.2) is 0 Å². The van der Waals surface area contributed by atoms with Gasteiger partial charge in [-0.05, 0) is 12.8 Å². The lowest BCUT2D eigenvalue weighted by Gasteiger charge is -2.24. The monoisotopic (exact) mass is 173 g/mol. The van der Waals surface area contributed by atoms with Gasteiger partial charge in [0.1, 0.15) is 0 Å². The van der Waals surface area contributed by atoms with Gasteiger partial charge in [0.2, 0.25) is 0 Å². The molecule has 0 saturated carbocycles. The summed E-state index contributed by atoms with van der Waals surface area (Å²) in [5.74, 6) is 0. The van der Waals surface area contributed by atoms with Gasteiger partial charge in [-0.1, -0.05) is 27.7 Å². The molecule has 0 aromatic heterocycles. The SMILES string of the molecule is CC.CC(C)NC1CCCOC1. The Bertz CT molecular complexity index is 87.8. The van der Waals surface area contributed by atoms with Gasteiger partial charge >= 0.3 is 0 Å². The highest BCUT2D eigenvalue weighted by Gasteiger charge is 2.13. The van der Waals surface area contributed by atoms with E-state index in [2.05, 4.69) is 19.2 Å². The predicted molar refractivity (Wildman–Crippen MR) is 53.5 cm³/mol. The van der Waals surface area contributed by atoms with Gasteiger partial charge in [-0.25, -0.2) is 0 Å². The van der Waals surface area contributed by atoms with Crippen molar-refractivity contribution in [3.63, 3.8) is 0 Å². The van der Waals surface area contributed by atoms with Gasteiger partial charge < -0.3 is 10.1 Å². The number of rotatable bonds is 2. The van der Waals surface area contributed by atoms with Gasteiger partial charge in [0.05, 0.1) is 6.61 Å². The minimum absolute atomic E-state index is 0.590. The van der Waals surface area contributed by atoms with E-state index in [1.807, 2.05) is 13.8 Å². The fourth-order valence-corrected chi connectivity index (χ4v) is 1.34. The standard InChI is InChI=1S/C8H17NO.C2H6/c1-7(2)9-8-4-3-5-10-6-8;1-2/h7-9H,3-6H2,1-2H3;1-2H3. The Balaban J connectivity index is 0.000000561. The molecule has 74 valence electrons. The summed E-state index contributed by atoms with van der Waals surface area (Å²) in [5, 5.41) is 3.46. The second kappa shape index (κ2) is 7.56. The molecule has 0 bridgehead atoms. The van der Waals surface area contributed by atoms with Crippen LogP contribution in [0.15, 0.2) is 0 Å². The molecule has 1 rings (SSSR count). The van der Waals surface area contributed by atoms with Crippen molar-refractivity contribution in [2.24, 2.45) is 0 Å². The average molecular weight is 173 g/mol. The van der Waals surface area contributed by atoms with Crippen molar-refractivity contribution in [3.8, 4) is 0 Å². The van der Waals surface area contributed by atoms with Crippen LogP contribution >= 0.6 is 0 Å². The Hall–Kier alpha value is -0.0800. The zero-order valence-corrected chi connectivity index (χ0v) is 8.89. The lowest BCUT2D eigenvalue weighted by Crippen LogP contribution is -2.40. The molecule has 1 saturated heterocycles. The van der Waals surface area contributed by atoms with E-state index in [0.29, 0.717) is 12.1 Å². The van der Waals surface area contributed by atoms with Crippen LogP contribution in [0.4, 0.5) is 0 Å². The topological polar surface area (TPSA) is 21.3 Å². The lowest BCUT2D eigenvalue weighted by molar-refractivity contribution is 0.0678. The third-order valence-electron chi connectivity index (χ3n) is 1.73. The molecule has 2 heteroatoms. The van der Waals surface area contributed by atoms with Crippen LogP contribution < -0.4 is 5.32 Å². The van der Waals surface area contributed by atoms with Crippen molar-refractivity contribution in [1.29, 1.82) is 0 Å². The van der Waals surface area contributed by atoms with Gasteiger partial charge in [-0.2, -0.15) is 0 Å². The molecule has 1 N–H and O–H groups in total. The second-order valence-electron chi connectivity index (χ2n) is 3.24. The normalized spacial score (nSPS) is 23.2. The zero-order chi connectivity index (χ0) is 9.40. The maximum atomic E-state index is 5.32.